The Morgan fingerprint density at radius 1 is 0.909 bits per heavy atom. The first kappa shape index (κ1) is 25.5. The minimum absolute atomic E-state index is 0.178. The number of rotatable bonds is 4. The Labute approximate surface area is 206 Å². The Morgan fingerprint density at radius 3 is 2.21 bits per heavy atom. The number of ketones is 1. The van der Waals surface area contributed by atoms with Crippen molar-refractivity contribution >= 4 is 5.78 Å². The molecular weight excluding hydrogens is 400 g/mol. The van der Waals surface area contributed by atoms with E-state index in [1.165, 1.54) is 51.4 Å². The summed E-state index contributed by atoms with van der Waals surface area (Å²) in [7, 11) is 0. The van der Waals surface area contributed by atoms with Gasteiger partial charge in [-0.15, -0.1) is 0 Å². The molecule has 8 atom stereocenters. The molecule has 0 amide bonds. The van der Waals surface area contributed by atoms with E-state index in [2.05, 4.69) is 75.3 Å². The highest BCUT2D eigenvalue weighted by Gasteiger charge is 2.66. The van der Waals surface area contributed by atoms with Crippen LogP contribution in [-0.4, -0.2) is 5.78 Å². The van der Waals surface area contributed by atoms with Gasteiger partial charge in [-0.1, -0.05) is 81.2 Å². The lowest BCUT2D eigenvalue weighted by Gasteiger charge is -2.62. The molecule has 33 heavy (non-hydrogen) atoms. The van der Waals surface area contributed by atoms with E-state index >= 15 is 0 Å². The van der Waals surface area contributed by atoms with Gasteiger partial charge in [-0.3, -0.25) is 4.79 Å². The lowest BCUT2D eigenvalue weighted by molar-refractivity contribution is -0.134. The van der Waals surface area contributed by atoms with Crippen LogP contribution in [0.4, 0.5) is 0 Å². The van der Waals surface area contributed by atoms with E-state index in [1.54, 1.807) is 5.57 Å². The Kier molecular flexibility index (Phi) is 6.15. The fourth-order valence-corrected chi connectivity index (χ4v) is 9.77. The van der Waals surface area contributed by atoms with Crippen molar-refractivity contribution in [3.63, 3.8) is 0 Å². The van der Waals surface area contributed by atoms with E-state index in [1.807, 2.05) is 0 Å². The quantitative estimate of drug-likeness (QED) is 0.413. The summed E-state index contributed by atoms with van der Waals surface area (Å²) in [5.41, 5.74) is 3.06. The lowest BCUT2D eigenvalue weighted by atomic mass is 9.42. The van der Waals surface area contributed by atoms with Crippen LogP contribution >= 0.6 is 0 Å². The van der Waals surface area contributed by atoms with Crippen molar-refractivity contribution in [1.82, 2.24) is 0 Å². The van der Waals surface area contributed by atoms with Crippen molar-refractivity contribution in [3.8, 4) is 0 Å². The SMILES string of the molecule is C[C@@H]1C[C@H]2C(=O)C=C3C(CC[C@]4(C)[C@@H](C(C)(C)CCCC(C)(C)C)CC[C@@]34C)[C@@]2(C)C[C@@H]1C. The van der Waals surface area contributed by atoms with Gasteiger partial charge in [-0.05, 0) is 108 Å². The number of allylic oxidation sites excluding steroid dienone is 2. The molecule has 1 nitrogen and oxygen atoms in total. The van der Waals surface area contributed by atoms with Crippen LogP contribution in [0.15, 0.2) is 11.6 Å². The fourth-order valence-electron chi connectivity index (χ4n) is 9.77. The van der Waals surface area contributed by atoms with E-state index in [0.29, 0.717) is 33.9 Å². The average Bonchev–Trinajstić information content (AvgIpc) is 2.95. The zero-order chi connectivity index (χ0) is 24.6. The fraction of sp³-hybridized carbons (Fsp3) is 0.906. The first-order valence-electron chi connectivity index (χ1n) is 14.3. The lowest BCUT2D eigenvalue weighted by Crippen LogP contribution is -2.56. The van der Waals surface area contributed by atoms with Crippen molar-refractivity contribution in [3.05, 3.63) is 11.6 Å². The van der Waals surface area contributed by atoms with Gasteiger partial charge in [-0.2, -0.15) is 0 Å². The van der Waals surface area contributed by atoms with Gasteiger partial charge in [0.2, 0.25) is 0 Å². The molecule has 4 rings (SSSR count). The smallest absolute Gasteiger partial charge is 0.159 e. The van der Waals surface area contributed by atoms with Crippen molar-refractivity contribution in [2.24, 2.45) is 56.7 Å². The van der Waals surface area contributed by atoms with Crippen LogP contribution in [0.3, 0.4) is 0 Å². The van der Waals surface area contributed by atoms with Crippen molar-refractivity contribution in [2.75, 3.05) is 0 Å². The van der Waals surface area contributed by atoms with Gasteiger partial charge in [-0.25, -0.2) is 0 Å². The summed E-state index contributed by atoms with van der Waals surface area (Å²) in [4.78, 5) is 13.6. The third-order valence-corrected chi connectivity index (χ3v) is 12.2. The molecule has 4 aliphatic rings. The largest absolute Gasteiger partial charge is 0.295 e. The minimum atomic E-state index is 0.178. The van der Waals surface area contributed by atoms with Crippen LogP contribution in [-0.2, 0) is 4.79 Å². The summed E-state index contributed by atoms with van der Waals surface area (Å²) in [6.45, 7) is 24.8. The highest BCUT2D eigenvalue weighted by Crippen LogP contribution is 2.73. The second kappa shape index (κ2) is 7.96. The third-order valence-electron chi connectivity index (χ3n) is 12.2. The van der Waals surface area contributed by atoms with Gasteiger partial charge in [0, 0.05) is 5.92 Å². The van der Waals surface area contributed by atoms with Gasteiger partial charge in [0.25, 0.3) is 0 Å². The molecule has 0 radical (unpaired) electrons. The van der Waals surface area contributed by atoms with Crippen LogP contribution in [0.25, 0.3) is 0 Å². The summed E-state index contributed by atoms with van der Waals surface area (Å²) >= 11 is 0. The Hall–Kier alpha value is -0.590. The molecule has 0 N–H and O–H groups in total. The molecule has 188 valence electrons. The van der Waals surface area contributed by atoms with Gasteiger partial charge >= 0.3 is 0 Å². The van der Waals surface area contributed by atoms with Crippen LogP contribution in [0, 0.1) is 56.7 Å². The normalized spacial score (nSPS) is 45.8. The van der Waals surface area contributed by atoms with Gasteiger partial charge in [0.15, 0.2) is 5.78 Å². The molecule has 0 aromatic rings. The minimum Gasteiger partial charge on any atom is -0.295 e. The van der Waals surface area contributed by atoms with Gasteiger partial charge in [0.05, 0.1) is 0 Å². The molecule has 4 aliphatic carbocycles. The molecule has 0 spiro atoms. The first-order valence-corrected chi connectivity index (χ1v) is 14.3. The topological polar surface area (TPSA) is 17.1 Å². The molecular formula is C32H54O. The maximum atomic E-state index is 13.6. The molecule has 3 fully saturated rings. The van der Waals surface area contributed by atoms with E-state index in [-0.39, 0.29) is 16.7 Å². The predicted octanol–water partition coefficient (Wildman–Crippen LogP) is 9.26. The molecule has 0 saturated heterocycles. The summed E-state index contributed by atoms with van der Waals surface area (Å²) in [6, 6.07) is 0. The number of hydrogen-bond acceptors (Lipinski definition) is 1. The standard InChI is InChI=1S/C32H54O/c1-21-18-25-26(33)19-24-23(30(25,8)20-22(21)2)12-16-32(10)27(13-17-31(24,32)9)29(6,7)15-11-14-28(3,4)5/h19,21-23,25,27H,11-18,20H2,1-10H3/t21-,22+,23?,25+,27-,30-,31+,32-/m1/s1. The Balaban J connectivity index is 1.64. The molecule has 0 heterocycles. The summed E-state index contributed by atoms with van der Waals surface area (Å²) in [5, 5.41) is 0. The van der Waals surface area contributed by atoms with Crippen molar-refractivity contribution in [1.29, 1.82) is 0 Å². The summed E-state index contributed by atoms with van der Waals surface area (Å²) < 4.78 is 0. The maximum Gasteiger partial charge on any atom is 0.159 e. The van der Waals surface area contributed by atoms with Gasteiger partial charge < -0.3 is 0 Å². The number of carbonyl (C=O) groups excluding carboxylic acids is 1. The molecule has 0 aliphatic heterocycles. The Morgan fingerprint density at radius 2 is 1.58 bits per heavy atom. The van der Waals surface area contributed by atoms with Crippen LogP contribution in [0.5, 0.6) is 0 Å². The monoisotopic (exact) mass is 454 g/mol. The zero-order valence-electron chi connectivity index (χ0n) is 23.7. The van der Waals surface area contributed by atoms with Crippen molar-refractivity contribution in [2.45, 2.75) is 127 Å². The predicted molar refractivity (Wildman–Crippen MR) is 141 cm³/mol. The number of hydrogen-bond donors (Lipinski definition) is 0. The second-order valence-electron chi connectivity index (χ2n) is 15.8. The molecule has 1 heteroatoms. The van der Waals surface area contributed by atoms with Crippen molar-refractivity contribution < 1.29 is 4.79 Å². The third kappa shape index (κ3) is 3.91. The summed E-state index contributed by atoms with van der Waals surface area (Å²) in [5.74, 6) is 3.52. The van der Waals surface area contributed by atoms with Gasteiger partial charge in [0.1, 0.15) is 0 Å². The molecule has 1 unspecified atom stereocenters. The highest BCUT2D eigenvalue weighted by atomic mass is 16.1. The summed E-state index contributed by atoms with van der Waals surface area (Å²) in [6.07, 6.45) is 13.8. The number of carbonyl (C=O) groups is 1. The molecule has 0 aromatic carbocycles. The van der Waals surface area contributed by atoms with Crippen LogP contribution < -0.4 is 0 Å². The second-order valence-corrected chi connectivity index (χ2v) is 15.8. The number of fused-ring (bicyclic) bond motifs is 5. The Bertz CT molecular complexity index is 811. The van der Waals surface area contributed by atoms with E-state index in [0.717, 1.165) is 18.3 Å². The molecule has 3 saturated carbocycles. The highest BCUT2D eigenvalue weighted by molar-refractivity contribution is 5.94. The molecule has 0 aromatic heterocycles. The molecule has 0 bridgehead atoms. The average molecular weight is 455 g/mol. The van der Waals surface area contributed by atoms with Crippen LogP contribution in [0.2, 0.25) is 0 Å². The first-order chi connectivity index (χ1) is 15.1. The zero-order valence-corrected chi connectivity index (χ0v) is 23.7. The van der Waals surface area contributed by atoms with E-state index in [9.17, 15) is 4.79 Å². The van der Waals surface area contributed by atoms with Crippen LogP contribution in [0.1, 0.15) is 127 Å². The maximum absolute atomic E-state index is 13.6. The van der Waals surface area contributed by atoms with E-state index < -0.39 is 0 Å². The van der Waals surface area contributed by atoms with E-state index in [4.69, 9.17) is 0 Å².